The summed E-state index contributed by atoms with van der Waals surface area (Å²) in [5.41, 5.74) is 0.800. The smallest absolute Gasteiger partial charge is 0.0671 e. The van der Waals surface area contributed by atoms with E-state index in [0.717, 1.165) is 17.3 Å². The van der Waals surface area contributed by atoms with E-state index in [1.807, 2.05) is 0 Å². The molecule has 2 aliphatic rings. The molecule has 2 rings (SSSR count). The second-order valence-electron chi connectivity index (χ2n) is 7.69. The lowest BCUT2D eigenvalue weighted by Crippen LogP contribution is -2.16. The molecule has 2 fully saturated rings. The van der Waals surface area contributed by atoms with Crippen LogP contribution < -0.4 is 0 Å². The maximum atomic E-state index is 2.53. The zero-order chi connectivity index (χ0) is 10.8. The minimum atomic E-state index is 0.516. The predicted molar refractivity (Wildman–Crippen MR) is 65.2 cm³/mol. The number of rotatable bonds is 2. The molecule has 0 saturated heterocycles. The molecule has 2 saturated carbocycles. The summed E-state index contributed by atoms with van der Waals surface area (Å²) in [5, 5.41) is 1.21. The maximum Gasteiger partial charge on any atom is 0.134 e. The van der Waals surface area contributed by atoms with Gasteiger partial charge in [-0.3, -0.25) is 0 Å². The van der Waals surface area contributed by atoms with Crippen LogP contribution in [-0.4, -0.2) is 7.28 Å². The molecule has 0 nitrogen and oxygen atoms in total. The first-order valence-electron chi connectivity index (χ1n) is 6.20. The minimum absolute atomic E-state index is 0.516. The Morgan fingerprint density at radius 1 is 1.29 bits per heavy atom. The van der Waals surface area contributed by atoms with E-state index in [2.05, 4.69) is 41.5 Å². The Kier molecular flexibility index (Phi) is 1.96. The van der Waals surface area contributed by atoms with Gasteiger partial charge >= 0.3 is 0 Å². The number of hydrogen-bond donors (Lipinski definition) is 0. The van der Waals surface area contributed by atoms with Crippen LogP contribution >= 0.6 is 0 Å². The molecular formula is C13H25B. The molecule has 0 aromatic carbocycles. The van der Waals surface area contributed by atoms with Crippen molar-refractivity contribution in [2.45, 2.75) is 65.0 Å². The van der Waals surface area contributed by atoms with Crippen molar-refractivity contribution >= 4 is 7.28 Å². The lowest BCUT2D eigenvalue weighted by Gasteiger charge is -2.22. The lowest BCUT2D eigenvalue weighted by atomic mass is 9.45. The van der Waals surface area contributed by atoms with Crippen molar-refractivity contribution in [2.75, 3.05) is 0 Å². The fourth-order valence-corrected chi connectivity index (χ4v) is 4.17. The summed E-state index contributed by atoms with van der Waals surface area (Å²) < 4.78 is 0. The van der Waals surface area contributed by atoms with Crippen LogP contribution in [0, 0.1) is 17.3 Å². The molecule has 0 aromatic rings. The molecule has 1 spiro atoms. The van der Waals surface area contributed by atoms with Crippen molar-refractivity contribution in [1.29, 1.82) is 0 Å². The minimum Gasteiger partial charge on any atom is -0.0671 e. The highest BCUT2D eigenvalue weighted by atomic mass is 14.8. The summed E-state index contributed by atoms with van der Waals surface area (Å²) in [7, 11) is 1.42. The Morgan fingerprint density at radius 2 is 1.86 bits per heavy atom. The largest absolute Gasteiger partial charge is 0.134 e. The van der Waals surface area contributed by atoms with Crippen LogP contribution in [0.1, 0.15) is 54.4 Å². The second-order valence-corrected chi connectivity index (χ2v) is 7.69. The van der Waals surface area contributed by atoms with Gasteiger partial charge in [0.2, 0.25) is 0 Å². The van der Waals surface area contributed by atoms with Crippen LogP contribution in [-0.2, 0) is 0 Å². The quantitative estimate of drug-likeness (QED) is 0.582. The Balaban J connectivity index is 1.98. The molecule has 3 unspecified atom stereocenters. The van der Waals surface area contributed by atoms with Gasteiger partial charge in [-0.25, -0.2) is 0 Å². The molecule has 1 heteroatoms. The van der Waals surface area contributed by atoms with Gasteiger partial charge in [0, 0.05) is 0 Å². The van der Waals surface area contributed by atoms with E-state index < -0.39 is 0 Å². The van der Waals surface area contributed by atoms with Crippen molar-refractivity contribution < 1.29 is 0 Å². The average Bonchev–Trinajstić information content (AvgIpc) is 2.69. The molecule has 80 valence electrons. The summed E-state index contributed by atoms with van der Waals surface area (Å²) in [6.07, 6.45) is 3.04. The topological polar surface area (TPSA) is 0 Å². The normalized spacial score (nSPS) is 45.8. The average molecular weight is 192 g/mol. The highest BCUT2D eigenvalue weighted by molar-refractivity contribution is 6.45. The Labute approximate surface area is 90.1 Å². The van der Waals surface area contributed by atoms with Gasteiger partial charge < -0.3 is 0 Å². The zero-order valence-corrected chi connectivity index (χ0v) is 10.8. The van der Waals surface area contributed by atoms with Gasteiger partial charge in [-0.2, -0.15) is 0 Å². The highest BCUT2D eigenvalue weighted by Gasteiger charge is 2.77. The van der Waals surface area contributed by atoms with E-state index in [0.29, 0.717) is 10.6 Å². The van der Waals surface area contributed by atoms with Gasteiger partial charge in [-0.05, 0) is 30.1 Å². The van der Waals surface area contributed by atoms with Crippen LogP contribution in [0.25, 0.3) is 0 Å². The van der Waals surface area contributed by atoms with Crippen molar-refractivity contribution in [2.24, 2.45) is 17.3 Å². The summed E-state index contributed by atoms with van der Waals surface area (Å²) in [5.74, 6) is 1.96. The van der Waals surface area contributed by atoms with Crippen molar-refractivity contribution in [3.05, 3.63) is 0 Å². The fraction of sp³-hybridized carbons (Fsp3) is 1.00. The van der Waals surface area contributed by atoms with E-state index in [-0.39, 0.29) is 0 Å². The molecule has 0 bridgehead atoms. The Bertz CT molecular complexity index is 250. The third-order valence-electron chi connectivity index (χ3n) is 4.64. The van der Waals surface area contributed by atoms with Gasteiger partial charge in [0.25, 0.3) is 0 Å². The van der Waals surface area contributed by atoms with Crippen LogP contribution in [0.5, 0.6) is 0 Å². The first-order chi connectivity index (χ1) is 6.20. The highest BCUT2D eigenvalue weighted by Crippen LogP contribution is 2.87. The van der Waals surface area contributed by atoms with Crippen LogP contribution in [0.3, 0.4) is 0 Å². The van der Waals surface area contributed by atoms with Crippen molar-refractivity contribution in [3.8, 4) is 0 Å². The van der Waals surface area contributed by atoms with Crippen molar-refractivity contribution in [1.82, 2.24) is 0 Å². The Hall–Kier alpha value is 0.0649. The van der Waals surface area contributed by atoms with Gasteiger partial charge in [0.05, 0.1) is 0 Å². The molecule has 0 heterocycles. The van der Waals surface area contributed by atoms with E-state index in [9.17, 15) is 0 Å². The molecule has 0 N–H and O–H groups in total. The monoisotopic (exact) mass is 192 g/mol. The van der Waals surface area contributed by atoms with Gasteiger partial charge in [0.15, 0.2) is 0 Å². The molecule has 0 aromatic heterocycles. The summed E-state index contributed by atoms with van der Waals surface area (Å²) in [6.45, 7) is 14.5. The van der Waals surface area contributed by atoms with Crippen LogP contribution in [0.2, 0.25) is 10.6 Å². The third-order valence-corrected chi connectivity index (χ3v) is 4.64. The van der Waals surface area contributed by atoms with Crippen LogP contribution in [0.15, 0.2) is 0 Å². The van der Waals surface area contributed by atoms with E-state index in [4.69, 9.17) is 0 Å². The predicted octanol–water partition coefficient (Wildman–Crippen LogP) is 3.89. The van der Waals surface area contributed by atoms with Crippen LogP contribution in [0.4, 0.5) is 0 Å². The summed E-state index contributed by atoms with van der Waals surface area (Å²) >= 11 is 0. The molecule has 3 atom stereocenters. The van der Waals surface area contributed by atoms with Gasteiger partial charge in [-0.1, -0.05) is 52.2 Å². The second kappa shape index (κ2) is 2.60. The van der Waals surface area contributed by atoms with Gasteiger partial charge in [-0.15, -0.1) is 0 Å². The molecule has 0 radical (unpaired) electrons. The fourth-order valence-electron chi connectivity index (χ4n) is 4.17. The van der Waals surface area contributed by atoms with Gasteiger partial charge in [0.1, 0.15) is 7.28 Å². The molecule has 0 amide bonds. The molecule has 0 aliphatic heterocycles. The van der Waals surface area contributed by atoms with Crippen molar-refractivity contribution in [3.63, 3.8) is 0 Å². The lowest BCUT2D eigenvalue weighted by molar-refractivity contribution is 0.497. The number of hydrogen-bond acceptors (Lipinski definition) is 0. The first kappa shape index (κ1) is 10.6. The zero-order valence-electron chi connectivity index (χ0n) is 10.8. The molecule has 14 heavy (non-hydrogen) atoms. The SMILES string of the molecule is CC(C)C1CC12CC2(C)BC(C)(C)C. The summed E-state index contributed by atoms with van der Waals surface area (Å²) in [4.78, 5) is 0. The summed E-state index contributed by atoms with van der Waals surface area (Å²) in [6, 6.07) is 0. The molecular weight excluding hydrogens is 167 g/mol. The van der Waals surface area contributed by atoms with E-state index in [1.54, 1.807) is 0 Å². The van der Waals surface area contributed by atoms with E-state index in [1.165, 1.54) is 20.1 Å². The van der Waals surface area contributed by atoms with E-state index >= 15 is 0 Å². The maximum absolute atomic E-state index is 2.53. The standard InChI is InChI=1S/C13H25B/c1-9(2)10-7-13(10)8-12(13,6)14-11(3,4)5/h9-10,14H,7-8H2,1-6H3. The first-order valence-corrected chi connectivity index (χ1v) is 6.20. The molecule has 2 aliphatic carbocycles. The third kappa shape index (κ3) is 1.44. The Morgan fingerprint density at radius 3 is 2.21 bits per heavy atom.